The molecule has 0 amide bonds. The smallest absolute Gasteiger partial charge is 0.241 e. The summed E-state index contributed by atoms with van der Waals surface area (Å²) in [5.74, 6) is 8.13. The van der Waals surface area contributed by atoms with Gasteiger partial charge in [0.15, 0.2) is 5.65 Å². The highest BCUT2D eigenvalue weighted by Crippen LogP contribution is 2.32. The fourth-order valence-electron chi connectivity index (χ4n) is 2.88. The van der Waals surface area contributed by atoms with Gasteiger partial charge in [-0.15, -0.1) is 0 Å². The summed E-state index contributed by atoms with van der Waals surface area (Å²) in [4.78, 5) is 8.64. The van der Waals surface area contributed by atoms with E-state index in [0.717, 1.165) is 29.5 Å². The standard InChI is InChI=1S/C13H21N7/c1-7-3-4-9(5-8(7)2)16-11-10-6-15-20-12(10)18-13(17-11)19-14/h6-9H,3-5,14H2,1-2H3,(H3,15,16,17,18,19,20). The molecule has 3 rings (SSSR count). The summed E-state index contributed by atoms with van der Waals surface area (Å²) in [5, 5.41) is 11.3. The van der Waals surface area contributed by atoms with Crippen LogP contribution in [0.1, 0.15) is 33.1 Å². The van der Waals surface area contributed by atoms with Crippen LogP contribution >= 0.6 is 0 Å². The molecule has 2 aromatic rings. The maximum atomic E-state index is 5.41. The van der Waals surface area contributed by atoms with Gasteiger partial charge in [-0.2, -0.15) is 15.1 Å². The maximum absolute atomic E-state index is 5.41. The van der Waals surface area contributed by atoms with E-state index in [4.69, 9.17) is 5.84 Å². The van der Waals surface area contributed by atoms with Crippen LogP contribution in [0.4, 0.5) is 11.8 Å². The molecule has 2 aromatic heterocycles. The Bertz CT molecular complexity index is 593. The highest BCUT2D eigenvalue weighted by Gasteiger charge is 2.25. The van der Waals surface area contributed by atoms with E-state index in [2.05, 4.69) is 44.8 Å². The summed E-state index contributed by atoms with van der Waals surface area (Å²) in [6.07, 6.45) is 5.32. The summed E-state index contributed by atoms with van der Waals surface area (Å²) in [6, 6.07) is 0.444. The monoisotopic (exact) mass is 275 g/mol. The van der Waals surface area contributed by atoms with E-state index in [1.807, 2.05) is 0 Å². The van der Waals surface area contributed by atoms with Crippen molar-refractivity contribution >= 4 is 22.8 Å². The average molecular weight is 275 g/mol. The Balaban J connectivity index is 1.85. The van der Waals surface area contributed by atoms with Gasteiger partial charge in [0.05, 0.1) is 11.6 Å². The summed E-state index contributed by atoms with van der Waals surface area (Å²) >= 11 is 0. The molecule has 3 atom stereocenters. The number of nitrogens with two attached hydrogens (primary N) is 1. The van der Waals surface area contributed by atoms with E-state index in [9.17, 15) is 0 Å². The van der Waals surface area contributed by atoms with E-state index in [1.54, 1.807) is 6.20 Å². The van der Waals surface area contributed by atoms with Crippen molar-refractivity contribution in [2.75, 3.05) is 10.7 Å². The molecule has 108 valence electrons. The number of rotatable bonds is 3. The number of aromatic amines is 1. The molecule has 1 saturated carbocycles. The molecule has 0 aromatic carbocycles. The minimum atomic E-state index is 0.390. The molecule has 1 aliphatic carbocycles. The number of hydrazine groups is 1. The number of nitrogens with one attached hydrogen (secondary N) is 3. The molecule has 0 saturated heterocycles. The zero-order valence-electron chi connectivity index (χ0n) is 11.8. The van der Waals surface area contributed by atoms with Crippen molar-refractivity contribution in [2.24, 2.45) is 17.7 Å². The van der Waals surface area contributed by atoms with Gasteiger partial charge in [-0.1, -0.05) is 13.8 Å². The predicted molar refractivity (Wildman–Crippen MR) is 79.1 cm³/mol. The first-order valence-electron chi connectivity index (χ1n) is 7.11. The second-order valence-electron chi connectivity index (χ2n) is 5.78. The summed E-state index contributed by atoms with van der Waals surface area (Å²) in [7, 11) is 0. The first-order chi connectivity index (χ1) is 9.67. The average Bonchev–Trinajstić information content (AvgIpc) is 2.91. The van der Waals surface area contributed by atoms with Crippen LogP contribution in [0.5, 0.6) is 0 Å². The minimum Gasteiger partial charge on any atom is -0.367 e. The molecule has 0 spiro atoms. The lowest BCUT2D eigenvalue weighted by Gasteiger charge is -2.32. The highest BCUT2D eigenvalue weighted by atomic mass is 15.3. The third-order valence-electron chi connectivity index (χ3n) is 4.38. The van der Waals surface area contributed by atoms with Crippen LogP contribution in [0, 0.1) is 11.8 Å². The zero-order valence-corrected chi connectivity index (χ0v) is 11.8. The highest BCUT2D eigenvalue weighted by molar-refractivity contribution is 5.87. The number of fused-ring (bicyclic) bond motifs is 1. The van der Waals surface area contributed by atoms with Crippen molar-refractivity contribution < 1.29 is 0 Å². The topological polar surface area (TPSA) is 105 Å². The molecule has 20 heavy (non-hydrogen) atoms. The number of H-pyrrole nitrogens is 1. The number of anilines is 2. The Morgan fingerprint density at radius 3 is 2.85 bits per heavy atom. The fraction of sp³-hybridized carbons (Fsp3) is 0.615. The molecule has 5 N–H and O–H groups in total. The van der Waals surface area contributed by atoms with Crippen LogP contribution in [-0.4, -0.2) is 26.2 Å². The quantitative estimate of drug-likeness (QED) is 0.503. The molecular formula is C13H21N7. The van der Waals surface area contributed by atoms with Gasteiger partial charge in [0.1, 0.15) is 5.82 Å². The van der Waals surface area contributed by atoms with Gasteiger partial charge in [0, 0.05) is 6.04 Å². The first-order valence-corrected chi connectivity index (χ1v) is 7.11. The van der Waals surface area contributed by atoms with Crippen molar-refractivity contribution in [3.63, 3.8) is 0 Å². The largest absolute Gasteiger partial charge is 0.367 e. The summed E-state index contributed by atoms with van der Waals surface area (Å²) in [6.45, 7) is 4.65. The molecule has 0 aliphatic heterocycles. The third-order valence-corrected chi connectivity index (χ3v) is 4.38. The van der Waals surface area contributed by atoms with Gasteiger partial charge in [0.25, 0.3) is 0 Å². The molecule has 7 nitrogen and oxygen atoms in total. The number of hydrogen-bond donors (Lipinski definition) is 4. The molecule has 0 bridgehead atoms. The van der Waals surface area contributed by atoms with E-state index in [0.29, 0.717) is 17.6 Å². The SMILES string of the molecule is CC1CCC(Nc2nc(NN)nc3[nH]ncc23)CC1C. The third kappa shape index (κ3) is 2.40. The van der Waals surface area contributed by atoms with Crippen LogP contribution in [0.25, 0.3) is 11.0 Å². The van der Waals surface area contributed by atoms with Crippen molar-refractivity contribution in [1.82, 2.24) is 20.2 Å². The van der Waals surface area contributed by atoms with E-state index >= 15 is 0 Å². The Morgan fingerprint density at radius 2 is 2.10 bits per heavy atom. The van der Waals surface area contributed by atoms with Crippen LogP contribution in [0.3, 0.4) is 0 Å². The molecule has 2 heterocycles. The maximum Gasteiger partial charge on any atom is 0.241 e. The van der Waals surface area contributed by atoms with Crippen molar-refractivity contribution in [3.8, 4) is 0 Å². The normalized spacial score (nSPS) is 26.6. The zero-order chi connectivity index (χ0) is 14.1. The van der Waals surface area contributed by atoms with Gasteiger partial charge in [-0.3, -0.25) is 10.5 Å². The van der Waals surface area contributed by atoms with E-state index in [-0.39, 0.29) is 0 Å². The first kappa shape index (κ1) is 13.1. The summed E-state index contributed by atoms with van der Waals surface area (Å²) in [5.41, 5.74) is 3.18. The molecule has 7 heteroatoms. The number of aromatic nitrogens is 4. The Morgan fingerprint density at radius 1 is 1.25 bits per heavy atom. The minimum absolute atomic E-state index is 0.390. The van der Waals surface area contributed by atoms with Gasteiger partial charge < -0.3 is 5.32 Å². The van der Waals surface area contributed by atoms with Crippen LogP contribution < -0.4 is 16.6 Å². The van der Waals surface area contributed by atoms with Crippen LogP contribution in [0.15, 0.2) is 6.20 Å². The van der Waals surface area contributed by atoms with Gasteiger partial charge in [-0.25, -0.2) is 5.84 Å². The number of nitrogens with zero attached hydrogens (tertiary/aromatic N) is 3. The van der Waals surface area contributed by atoms with Gasteiger partial charge in [0.2, 0.25) is 5.95 Å². The molecule has 1 aliphatic rings. The Kier molecular flexibility index (Phi) is 3.43. The second kappa shape index (κ2) is 5.24. The Labute approximate surface area is 117 Å². The predicted octanol–water partition coefficient (Wildman–Crippen LogP) is 1.88. The van der Waals surface area contributed by atoms with E-state index in [1.165, 1.54) is 12.8 Å². The lowest BCUT2D eigenvalue weighted by Crippen LogP contribution is -2.30. The lowest BCUT2D eigenvalue weighted by molar-refractivity contribution is 0.260. The second-order valence-corrected chi connectivity index (χ2v) is 5.78. The number of nitrogen functional groups attached to an aromatic ring is 1. The summed E-state index contributed by atoms with van der Waals surface area (Å²) < 4.78 is 0. The van der Waals surface area contributed by atoms with Crippen LogP contribution in [0.2, 0.25) is 0 Å². The van der Waals surface area contributed by atoms with E-state index < -0.39 is 0 Å². The van der Waals surface area contributed by atoms with Crippen LogP contribution in [-0.2, 0) is 0 Å². The Hall–Kier alpha value is -1.89. The molecular weight excluding hydrogens is 254 g/mol. The van der Waals surface area contributed by atoms with Crippen molar-refractivity contribution in [2.45, 2.75) is 39.2 Å². The molecule has 1 fully saturated rings. The lowest BCUT2D eigenvalue weighted by atomic mass is 9.79. The van der Waals surface area contributed by atoms with Crippen molar-refractivity contribution in [1.29, 1.82) is 0 Å². The van der Waals surface area contributed by atoms with Crippen molar-refractivity contribution in [3.05, 3.63) is 6.20 Å². The molecule has 0 radical (unpaired) electrons. The molecule has 3 unspecified atom stereocenters. The van der Waals surface area contributed by atoms with Gasteiger partial charge in [-0.05, 0) is 31.1 Å². The number of hydrogen-bond acceptors (Lipinski definition) is 6. The fourth-order valence-corrected chi connectivity index (χ4v) is 2.88. The van der Waals surface area contributed by atoms with Gasteiger partial charge >= 0.3 is 0 Å².